The van der Waals surface area contributed by atoms with Crippen LogP contribution in [0.2, 0.25) is 0 Å². The molecule has 1 amide bonds. The minimum atomic E-state index is -3.80. The Morgan fingerprint density at radius 2 is 1.91 bits per heavy atom. The lowest BCUT2D eigenvalue weighted by Crippen LogP contribution is -2.11. The van der Waals surface area contributed by atoms with Crippen LogP contribution in [-0.2, 0) is 14.8 Å². The Morgan fingerprint density at radius 3 is 2.59 bits per heavy atom. The van der Waals surface area contributed by atoms with Gasteiger partial charge in [-0.3, -0.25) is 9.52 Å². The third kappa shape index (κ3) is 5.29. The Morgan fingerprint density at radius 1 is 1.16 bits per heavy atom. The van der Waals surface area contributed by atoms with Crippen LogP contribution in [0.25, 0.3) is 12.2 Å². The van der Waals surface area contributed by atoms with Crippen LogP contribution >= 0.6 is 11.3 Å². The number of rotatable bonds is 9. The van der Waals surface area contributed by atoms with E-state index in [9.17, 15) is 13.2 Å². The number of benzene rings is 1. The van der Waals surface area contributed by atoms with E-state index in [1.165, 1.54) is 20.3 Å². The van der Waals surface area contributed by atoms with Gasteiger partial charge in [0, 0.05) is 17.4 Å². The molecule has 0 saturated carbocycles. The summed E-state index contributed by atoms with van der Waals surface area (Å²) in [4.78, 5) is 12.4. The monoisotopic (exact) mass is 477 g/mol. The van der Waals surface area contributed by atoms with Gasteiger partial charge in [0.05, 0.1) is 19.9 Å². The summed E-state index contributed by atoms with van der Waals surface area (Å²) in [7, 11) is -0.819. The van der Waals surface area contributed by atoms with Crippen LogP contribution in [0.3, 0.4) is 0 Å². The first-order valence-corrected chi connectivity index (χ1v) is 11.9. The molecule has 170 valence electrons. The first-order chi connectivity index (χ1) is 15.3. The maximum absolute atomic E-state index is 12.8. The molecule has 0 bridgehead atoms. The van der Waals surface area contributed by atoms with Gasteiger partial charge in [-0.1, -0.05) is 12.1 Å². The lowest BCUT2D eigenvalue weighted by Gasteiger charge is -2.11. The molecule has 1 aromatic carbocycles. The summed E-state index contributed by atoms with van der Waals surface area (Å²) in [5, 5.41) is 6.62. The lowest BCUT2D eigenvalue weighted by molar-refractivity contribution is -0.115. The quantitative estimate of drug-likeness (QED) is 0.469. The second kappa shape index (κ2) is 9.88. The number of hydrogen-bond acceptors (Lipinski definition) is 8. The normalized spacial score (nSPS) is 11.5. The van der Waals surface area contributed by atoms with Crippen molar-refractivity contribution < 1.29 is 27.2 Å². The second-order valence-corrected chi connectivity index (χ2v) is 9.60. The van der Waals surface area contributed by atoms with Crippen LogP contribution in [0.15, 0.2) is 39.1 Å². The van der Waals surface area contributed by atoms with Gasteiger partial charge >= 0.3 is 0 Å². The van der Waals surface area contributed by atoms with Crippen molar-refractivity contribution in [3.8, 4) is 11.5 Å². The molecule has 11 heteroatoms. The van der Waals surface area contributed by atoms with Gasteiger partial charge in [0.15, 0.2) is 17.3 Å². The molecule has 0 radical (unpaired) electrons. The number of aryl methyl sites for hydroxylation is 1. The first-order valence-electron chi connectivity index (χ1n) is 9.56. The number of methoxy groups -OCH3 is 2. The molecule has 0 unspecified atom stereocenters. The molecule has 9 nitrogen and oxygen atoms in total. The number of carbonyl (C=O) groups is 1. The molecule has 0 fully saturated rings. The van der Waals surface area contributed by atoms with E-state index >= 15 is 0 Å². The zero-order valence-corrected chi connectivity index (χ0v) is 19.6. The molecule has 32 heavy (non-hydrogen) atoms. The number of nitrogens with one attached hydrogen (secondary N) is 2. The van der Waals surface area contributed by atoms with Crippen molar-refractivity contribution in [1.82, 2.24) is 5.16 Å². The van der Waals surface area contributed by atoms with Crippen molar-refractivity contribution in [3.05, 3.63) is 46.7 Å². The molecule has 2 aromatic heterocycles. The van der Waals surface area contributed by atoms with E-state index in [1.54, 1.807) is 50.3 Å². The summed E-state index contributed by atoms with van der Waals surface area (Å²) in [5.74, 6) is 1.13. The summed E-state index contributed by atoms with van der Waals surface area (Å²) >= 11 is 1.08. The predicted octanol–water partition coefficient (Wildman–Crippen LogP) is 4.38. The molecular weight excluding hydrogens is 454 g/mol. The SMILES string of the molecule is CCC(=O)Nc1c(C)noc1/C=C/c1ccc(S(=O)(=O)Nc2ccc(OC)c(OC)c2)s1. The number of amides is 1. The second-order valence-electron chi connectivity index (χ2n) is 6.57. The Bertz CT molecular complexity index is 1240. The van der Waals surface area contributed by atoms with Crippen molar-refractivity contribution in [2.24, 2.45) is 0 Å². The molecule has 0 spiro atoms. The van der Waals surface area contributed by atoms with E-state index in [0.29, 0.717) is 45.6 Å². The fourth-order valence-electron chi connectivity index (χ4n) is 2.71. The molecule has 2 heterocycles. The highest BCUT2D eigenvalue weighted by molar-refractivity contribution is 7.94. The third-order valence-corrected chi connectivity index (χ3v) is 7.30. The van der Waals surface area contributed by atoms with Gasteiger partial charge in [-0.05, 0) is 43.3 Å². The molecule has 0 saturated heterocycles. The minimum Gasteiger partial charge on any atom is -0.493 e. The highest BCUT2D eigenvalue weighted by Gasteiger charge is 2.18. The Kier molecular flexibility index (Phi) is 7.21. The van der Waals surface area contributed by atoms with Crippen LogP contribution in [0, 0.1) is 6.92 Å². The fourth-order valence-corrected chi connectivity index (χ4v) is 4.99. The average Bonchev–Trinajstić information content (AvgIpc) is 3.39. The summed E-state index contributed by atoms with van der Waals surface area (Å²) in [6.07, 6.45) is 3.66. The number of sulfonamides is 1. The minimum absolute atomic E-state index is 0.139. The van der Waals surface area contributed by atoms with Crippen molar-refractivity contribution >= 4 is 50.8 Å². The molecule has 3 aromatic rings. The number of aromatic nitrogens is 1. The lowest BCUT2D eigenvalue weighted by atomic mass is 10.2. The summed E-state index contributed by atoms with van der Waals surface area (Å²) < 4.78 is 43.9. The van der Waals surface area contributed by atoms with Crippen molar-refractivity contribution in [1.29, 1.82) is 0 Å². The standard InChI is InChI=1S/C21H23N3O6S2/c1-5-19(25)22-21-13(2)23-30-17(21)10-7-15-8-11-20(31-15)32(26,27)24-14-6-9-16(28-3)18(12-14)29-4/h6-12,24H,5H2,1-4H3,(H,22,25)/b10-7+. The summed E-state index contributed by atoms with van der Waals surface area (Å²) in [6.45, 7) is 3.47. The zero-order chi connectivity index (χ0) is 23.3. The molecule has 0 aliphatic heterocycles. The zero-order valence-electron chi connectivity index (χ0n) is 18.0. The van der Waals surface area contributed by atoms with Crippen molar-refractivity contribution in [3.63, 3.8) is 0 Å². The highest BCUT2D eigenvalue weighted by atomic mass is 32.2. The van der Waals surface area contributed by atoms with Gasteiger partial charge in [0.1, 0.15) is 15.6 Å². The molecular formula is C21H23N3O6S2. The maximum atomic E-state index is 12.8. The number of hydrogen-bond donors (Lipinski definition) is 2. The van der Waals surface area contributed by atoms with Gasteiger partial charge in [0.25, 0.3) is 10.0 Å². The topological polar surface area (TPSA) is 120 Å². The van der Waals surface area contributed by atoms with Crippen molar-refractivity contribution in [2.75, 3.05) is 24.3 Å². The largest absolute Gasteiger partial charge is 0.493 e. The molecule has 0 aliphatic rings. The maximum Gasteiger partial charge on any atom is 0.271 e. The van der Waals surface area contributed by atoms with E-state index in [-0.39, 0.29) is 10.1 Å². The van der Waals surface area contributed by atoms with Crippen LogP contribution in [0.1, 0.15) is 29.7 Å². The number of thiophene rings is 1. The van der Waals surface area contributed by atoms with Gasteiger partial charge in [-0.2, -0.15) is 0 Å². The molecule has 0 atom stereocenters. The van der Waals surface area contributed by atoms with Gasteiger partial charge in [0.2, 0.25) is 5.91 Å². The van der Waals surface area contributed by atoms with E-state index in [4.69, 9.17) is 14.0 Å². The number of ether oxygens (including phenoxy) is 2. The van der Waals surface area contributed by atoms with Gasteiger partial charge in [-0.25, -0.2) is 8.42 Å². The summed E-state index contributed by atoms with van der Waals surface area (Å²) in [5.41, 5.74) is 1.40. The van der Waals surface area contributed by atoms with Crippen LogP contribution in [0.5, 0.6) is 11.5 Å². The van der Waals surface area contributed by atoms with Gasteiger partial charge in [-0.15, -0.1) is 11.3 Å². The van der Waals surface area contributed by atoms with Gasteiger partial charge < -0.3 is 19.3 Å². The Labute approximate surface area is 190 Å². The molecule has 3 rings (SSSR count). The predicted molar refractivity (Wildman–Crippen MR) is 124 cm³/mol. The van der Waals surface area contributed by atoms with E-state index in [1.807, 2.05) is 0 Å². The number of nitrogens with zero attached hydrogens (tertiary/aromatic N) is 1. The third-order valence-electron chi connectivity index (χ3n) is 4.38. The van der Waals surface area contributed by atoms with Crippen LogP contribution < -0.4 is 19.5 Å². The summed E-state index contributed by atoms with van der Waals surface area (Å²) in [6, 6.07) is 7.94. The smallest absolute Gasteiger partial charge is 0.271 e. The van der Waals surface area contributed by atoms with E-state index < -0.39 is 10.0 Å². The highest BCUT2D eigenvalue weighted by Crippen LogP contribution is 2.32. The average molecular weight is 478 g/mol. The van der Waals surface area contributed by atoms with Crippen molar-refractivity contribution in [2.45, 2.75) is 24.5 Å². The Hall–Kier alpha value is -3.31. The van der Waals surface area contributed by atoms with E-state index in [2.05, 4.69) is 15.2 Å². The van der Waals surface area contributed by atoms with Crippen LogP contribution in [-0.4, -0.2) is 33.7 Å². The molecule has 2 N–H and O–H groups in total. The Balaban J connectivity index is 1.78. The molecule has 0 aliphatic carbocycles. The van der Waals surface area contributed by atoms with E-state index in [0.717, 1.165) is 11.3 Å². The fraction of sp³-hybridized carbons (Fsp3) is 0.238. The van der Waals surface area contributed by atoms with Crippen LogP contribution in [0.4, 0.5) is 11.4 Å². The number of carbonyl (C=O) groups excluding carboxylic acids is 1. The number of anilines is 2. The first kappa shape index (κ1) is 23.4.